The van der Waals surface area contributed by atoms with Crippen LogP contribution in [0.25, 0.3) is 10.2 Å². The summed E-state index contributed by atoms with van der Waals surface area (Å²) in [5, 5.41) is 15.7. The van der Waals surface area contributed by atoms with Gasteiger partial charge in [0.15, 0.2) is 5.16 Å². The predicted octanol–water partition coefficient (Wildman–Crippen LogP) is 3.06. The van der Waals surface area contributed by atoms with Crippen LogP contribution in [0.5, 0.6) is 0 Å². The van der Waals surface area contributed by atoms with Gasteiger partial charge in [-0.3, -0.25) is 14.2 Å². The van der Waals surface area contributed by atoms with E-state index in [0.717, 1.165) is 12.1 Å². The standard InChI is InChI=1S/C22H25N3O4S2/c1-2-15-7-9-16(10-8-15)23-18(26)14-31-22-24-17-11-13-30-20(17)21(29)25(22)12-5-3-4-6-19(27)28/h7-11,13H,2-6,12,14H2,1H3,(H,23,26)(H,27,28)/p-1. The van der Waals surface area contributed by atoms with Crippen LogP contribution in [-0.4, -0.2) is 27.2 Å². The normalized spacial score (nSPS) is 11.0. The molecule has 0 spiro atoms. The number of hydrogen-bond donors (Lipinski definition) is 1. The molecule has 164 valence electrons. The van der Waals surface area contributed by atoms with Gasteiger partial charge in [-0.05, 0) is 54.8 Å². The quantitative estimate of drug-likeness (QED) is 0.269. The number of nitrogens with one attached hydrogen (secondary N) is 1. The Morgan fingerprint density at radius 2 is 1.94 bits per heavy atom. The number of aromatic nitrogens is 2. The molecule has 7 nitrogen and oxygen atoms in total. The summed E-state index contributed by atoms with van der Waals surface area (Å²) in [6.45, 7) is 2.50. The number of anilines is 1. The van der Waals surface area contributed by atoms with Crippen LogP contribution < -0.4 is 16.0 Å². The molecule has 0 fully saturated rings. The van der Waals surface area contributed by atoms with E-state index < -0.39 is 5.97 Å². The third kappa shape index (κ3) is 6.41. The number of carbonyl (C=O) groups is 2. The SMILES string of the molecule is CCc1ccc(NC(=O)CSc2nc3ccsc3c(=O)n2CCCCCC(=O)[O-])cc1. The molecule has 1 aromatic carbocycles. The third-order valence-corrected chi connectivity index (χ3v) is 6.64. The largest absolute Gasteiger partial charge is 0.550 e. The molecule has 2 heterocycles. The zero-order valence-electron chi connectivity index (χ0n) is 17.3. The Hall–Kier alpha value is -2.65. The molecule has 0 aliphatic heterocycles. The summed E-state index contributed by atoms with van der Waals surface area (Å²) < 4.78 is 2.17. The minimum atomic E-state index is -1.06. The van der Waals surface area contributed by atoms with Gasteiger partial charge in [0, 0.05) is 18.2 Å². The van der Waals surface area contributed by atoms with Gasteiger partial charge >= 0.3 is 0 Å². The second-order valence-corrected chi connectivity index (χ2v) is 8.91. The minimum absolute atomic E-state index is 0.0120. The van der Waals surface area contributed by atoms with Crippen LogP contribution in [0.15, 0.2) is 45.7 Å². The Bertz CT molecular complexity index is 1110. The third-order valence-electron chi connectivity index (χ3n) is 4.77. The van der Waals surface area contributed by atoms with Gasteiger partial charge in [-0.15, -0.1) is 11.3 Å². The summed E-state index contributed by atoms with van der Waals surface area (Å²) in [4.78, 5) is 40.4. The van der Waals surface area contributed by atoms with Crippen molar-refractivity contribution in [1.29, 1.82) is 0 Å². The lowest BCUT2D eigenvalue weighted by Crippen LogP contribution is -2.24. The Balaban J connectivity index is 1.66. The average Bonchev–Trinajstić information content (AvgIpc) is 3.23. The van der Waals surface area contributed by atoms with Crippen LogP contribution in [0.3, 0.4) is 0 Å². The average molecular weight is 459 g/mol. The van der Waals surface area contributed by atoms with Crippen LogP contribution in [-0.2, 0) is 22.6 Å². The van der Waals surface area contributed by atoms with E-state index in [9.17, 15) is 19.5 Å². The number of hydrogen-bond acceptors (Lipinski definition) is 7. The number of carboxylic acid groups (broad SMARTS) is 1. The van der Waals surface area contributed by atoms with Gasteiger partial charge in [-0.1, -0.05) is 37.2 Å². The van der Waals surface area contributed by atoms with Crippen molar-refractivity contribution in [3.63, 3.8) is 0 Å². The summed E-state index contributed by atoms with van der Waals surface area (Å²) in [5.74, 6) is -1.11. The molecule has 1 amide bonds. The molecule has 2 aromatic heterocycles. The number of amides is 1. The number of thiophene rings is 1. The van der Waals surface area contributed by atoms with Gasteiger partial charge in [0.2, 0.25) is 5.91 Å². The van der Waals surface area contributed by atoms with Crippen molar-refractivity contribution in [2.45, 2.75) is 50.7 Å². The maximum atomic E-state index is 12.9. The molecule has 0 saturated heterocycles. The molecule has 0 aliphatic rings. The lowest BCUT2D eigenvalue weighted by atomic mass is 10.1. The van der Waals surface area contributed by atoms with E-state index in [-0.39, 0.29) is 23.6 Å². The lowest BCUT2D eigenvalue weighted by molar-refractivity contribution is -0.305. The van der Waals surface area contributed by atoms with Gasteiger partial charge in [0.05, 0.1) is 11.3 Å². The molecule has 0 unspecified atom stereocenters. The number of carboxylic acids is 1. The topological polar surface area (TPSA) is 104 Å². The number of fused-ring (bicyclic) bond motifs is 1. The Morgan fingerprint density at radius 1 is 1.16 bits per heavy atom. The van der Waals surface area contributed by atoms with E-state index in [4.69, 9.17) is 0 Å². The van der Waals surface area contributed by atoms with Crippen LogP contribution in [0.4, 0.5) is 5.69 Å². The Labute approximate surface area is 188 Å². The zero-order chi connectivity index (χ0) is 22.2. The number of benzene rings is 1. The highest BCUT2D eigenvalue weighted by molar-refractivity contribution is 7.99. The molecule has 9 heteroatoms. The van der Waals surface area contributed by atoms with Crippen LogP contribution in [0.1, 0.15) is 38.2 Å². The second kappa shape index (κ2) is 11.1. The van der Waals surface area contributed by atoms with Crippen molar-refractivity contribution >= 4 is 50.9 Å². The first kappa shape index (κ1) is 23.0. The van der Waals surface area contributed by atoms with Crippen LogP contribution in [0, 0.1) is 0 Å². The van der Waals surface area contributed by atoms with E-state index >= 15 is 0 Å². The molecular weight excluding hydrogens is 434 g/mol. The molecule has 0 radical (unpaired) electrons. The van der Waals surface area contributed by atoms with Gasteiger partial charge in [0.25, 0.3) is 5.56 Å². The number of thioether (sulfide) groups is 1. The van der Waals surface area contributed by atoms with Crippen molar-refractivity contribution < 1.29 is 14.7 Å². The van der Waals surface area contributed by atoms with Crippen molar-refractivity contribution in [3.05, 3.63) is 51.6 Å². The fourth-order valence-electron chi connectivity index (χ4n) is 3.10. The zero-order valence-corrected chi connectivity index (χ0v) is 18.9. The van der Waals surface area contributed by atoms with E-state index in [0.29, 0.717) is 41.2 Å². The molecule has 1 N–H and O–H groups in total. The highest BCUT2D eigenvalue weighted by Crippen LogP contribution is 2.22. The Kier molecular flexibility index (Phi) is 8.25. The van der Waals surface area contributed by atoms with E-state index in [1.807, 2.05) is 29.6 Å². The van der Waals surface area contributed by atoms with Gasteiger partial charge in [-0.25, -0.2) is 4.98 Å². The minimum Gasteiger partial charge on any atom is -0.550 e. The molecule has 31 heavy (non-hydrogen) atoms. The number of nitrogens with zero attached hydrogens (tertiary/aromatic N) is 2. The number of unbranched alkanes of at least 4 members (excludes halogenated alkanes) is 2. The van der Waals surface area contributed by atoms with Gasteiger partial charge < -0.3 is 15.2 Å². The van der Waals surface area contributed by atoms with E-state index in [1.54, 1.807) is 10.6 Å². The van der Waals surface area contributed by atoms with Crippen molar-refractivity contribution in [3.8, 4) is 0 Å². The molecule has 3 rings (SSSR count). The summed E-state index contributed by atoms with van der Waals surface area (Å²) in [5.41, 5.74) is 2.43. The maximum absolute atomic E-state index is 12.9. The van der Waals surface area contributed by atoms with Gasteiger partial charge in [-0.2, -0.15) is 0 Å². The summed E-state index contributed by atoms with van der Waals surface area (Å²) in [6.07, 6.45) is 2.77. The summed E-state index contributed by atoms with van der Waals surface area (Å²) in [6, 6.07) is 9.50. The molecule has 0 bridgehead atoms. The number of carbonyl (C=O) groups excluding carboxylic acids is 2. The van der Waals surface area contributed by atoms with Crippen molar-refractivity contribution in [2.24, 2.45) is 0 Å². The van der Waals surface area contributed by atoms with Crippen molar-refractivity contribution in [1.82, 2.24) is 9.55 Å². The van der Waals surface area contributed by atoms with Crippen LogP contribution in [0.2, 0.25) is 0 Å². The maximum Gasteiger partial charge on any atom is 0.272 e. The first-order valence-electron chi connectivity index (χ1n) is 10.2. The molecular formula is C22H24N3O4S2-. The number of aliphatic carboxylic acids is 1. The fourth-order valence-corrected chi connectivity index (χ4v) is 4.70. The highest BCUT2D eigenvalue weighted by Gasteiger charge is 2.14. The molecule has 0 aliphatic carbocycles. The summed E-state index contributed by atoms with van der Waals surface area (Å²) >= 11 is 2.57. The molecule has 0 atom stereocenters. The predicted molar refractivity (Wildman–Crippen MR) is 123 cm³/mol. The van der Waals surface area contributed by atoms with E-state index in [2.05, 4.69) is 17.2 Å². The van der Waals surface area contributed by atoms with E-state index in [1.165, 1.54) is 28.7 Å². The second-order valence-electron chi connectivity index (χ2n) is 7.06. The molecule has 3 aromatic rings. The first-order chi connectivity index (χ1) is 15.0. The number of aryl methyl sites for hydroxylation is 1. The number of rotatable bonds is 11. The summed E-state index contributed by atoms with van der Waals surface area (Å²) in [7, 11) is 0. The fraction of sp³-hybridized carbons (Fsp3) is 0.364. The Morgan fingerprint density at radius 3 is 2.65 bits per heavy atom. The van der Waals surface area contributed by atoms with Crippen LogP contribution >= 0.6 is 23.1 Å². The highest BCUT2D eigenvalue weighted by atomic mass is 32.2. The monoisotopic (exact) mass is 458 g/mol. The lowest BCUT2D eigenvalue weighted by Gasteiger charge is -2.12. The van der Waals surface area contributed by atoms with Crippen molar-refractivity contribution in [2.75, 3.05) is 11.1 Å². The van der Waals surface area contributed by atoms with Gasteiger partial charge in [0.1, 0.15) is 4.70 Å². The first-order valence-corrected chi connectivity index (χ1v) is 12.0. The smallest absolute Gasteiger partial charge is 0.272 e. The molecule has 0 saturated carbocycles.